The van der Waals surface area contributed by atoms with Crippen molar-refractivity contribution in [2.75, 3.05) is 45.0 Å². The SMILES string of the molecule is COc1ccc(N2CCNCC2S(C)(=O)=O)cc1OC. The number of hydrogen-bond acceptors (Lipinski definition) is 6. The molecule has 0 aliphatic carbocycles. The van der Waals surface area contributed by atoms with Crippen molar-refractivity contribution in [1.29, 1.82) is 0 Å². The third-order valence-corrected chi connectivity index (χ3v) is 4.80. The summed E-state index contributed by atoms with van der Waals surface area (Å²) in [6.07, 6.45) is 1.26. The van der Waals surface area contributed by atoms with Crippen LogP contribution in [0.3, 0.4) is 0 Å². The Bertz CT molecular complexity index is 574. The molecule has 112 valence electrons. The summed E-state index contributed by atoms with van der Waals surface area (Å²) >= 11 is 0. The lowest BCUT2D eigenvalue weighted by atomic mass is 10.2. The number of ether oxygens (including phenoxy) is 2. The molecule has 6 nitrogen and oxygen atoms in total. The number of nitrogens with zero attached hydrogens (tertiary/aromatic N) is 1. The molecule has 1 saturated heterocycles. The minimum atomic E-state index is -3.17. The number of piperazine rings is 1. The van der Waals surface area contributed by atoms with Crippen molar-refractivity contribution in [3.8, 4) is 11.5 Å². The summed E-state index contributed by atoms with van der Waals surface area (Å²) in [6.45, 7) is 1.81. The molecule has 1 heterocycles. The molecule has 1 aliphatic rings. The van der Waals surface area contributed by atoms with E-state index < -0.39 is 15.2 Å². The zero-order valence-corrected chi connectivity index (χ0v) is 12.7. The Morgan fingerprint density at radius 3 is 2.55 bits per heavy atom. The largest absolute Gasteiger partial charge is 0.493 e. The van der Waals surface area contributed by atoms with E-state index in [1.54, 1.807) is 20.3 Å². The highest BCUT2D eigenvalue weighted by molar-refractivity contribution is 7.91. The van der Waals surface area contributed by atoms with Gasteiger partial charge in [0.25, 0.3) is 0 Å². The van der Waals surface area contributed by atoms with Gasteiger partial charge < -0.3 is 19.7 Å². The summed E-state index contributed by atoms with van der Waals surface area (Å²) in [6, 6.07) is 5.45. The van der Waals surface area contributed by atoms with Crippen LogP contribution >= 0.6 is 0 Å². The summed E-state index contributed by atoms with van der Waals surface area (Å²) in [4.78, 5) is 1.88. The summed E-state index contributed by atoms with van der Waals surface area (Å²) in [5, 5.41) is 2.55. The number of methoxy groups -OCH3 is 2. The minimum Gasteiger partial charge on any atom is -0.493 e. The second kappa shape index (κ2) is 5.88. The zero-order chi connectivity index (χ0) is 14.8. The smallest absolute Gasteiger partial charge is 0.169 e. The summed E-state index contributed by atoms with van der Waals surface area (Å²) < 4.78 is 34.3. The molecule has 1 aromatic rings. The highest BCUT2D eigenvalue weighted by Gasteiger charge is 2.31. The van der Waals surface area contributed by atoms with E-state index in [9.17, 15) is 8.42 Å². The summed E-state index contributed by atoms with van der Waals surface area (Å²) in [5.74, 6) is 1.22. The van der Waals surface area contributed by atoms with E-state index >= 15 is 0 Å². The van der Waals surface area contributed by atoms with E-state index in [1.165, 1.54) is 6.26 Å². The van der Waals surface area contributed by atoms with Gasteiger partial charge in [0.2, 0.25) is 0 Å². The molecule has 0 saturated carbocycles. The number of hydrogen-bond donors (Lipinski definition) is 1. The average Bonchev–Trinajstić information content (AvgIpc) is 2.45. The van der Waals surface area contributed by atoms with E-state index in [1.807, 2.05) is 17.0 Å². The fourth-order valence-corrected chi connectivity index (χ4v) is 3.47. The maximum atomic E-state index is 11.9. The van der Waals surface area contributed by atoms with Crippen LogP contribution in [0.15, 0.2) is 18.2 Å². The van der Waals surface area contributed by atoms with Gasteiger partial charge in [-0.1, -0.05) is 0 Å². The van der Waals surface area contributed by atoms with E-state index in [0.29, 0.717) is 24.6 Å². The molecule has 0 aromatic heterocycles. The van der Waals surface area contributed by atoms with Gasteiger partial charge in [0, 0.05) is 37.6 Å². The number of anilines is 1. The molecule has 1 atom stereocenters. The van der Waals surface area contributed by atoms with Crippen LogP contribution in [-0.4, -0.2) is 53.9 Å². The predicted molar refractivity (Wildman–Crippen MR) is 78.4 cm³/mol. The molecule has 0 bridgehead atoms. The van der Waals surface area contributed by atoms with Gasteiger partial charge in [0.15, 0.2) is 21.3 Å². The van der Waals surface area contributed by atoms with Gasteiger partial charge in [-0.25, -0.2) is 8.42 Å². The van der Waals surface area contributed by atoms with Crippen molar-refractivity contribution >= 4 is 15.5 Å². The number of rotatable bonds is 4. The molecule has 0 amide bonds. The summed E-state index contributed by atoms with van der Waals surface area (Å²) in [7, 11) is -0.0331. The molecule has 7 heteroatoms. The molecule has 2 rings (SSSR count). The highest BCUT2D eigenvalue weighted by atomic mass is 32.2. The van der Waals surface area contributed by atoms with E-state index in [4.69, 9.17) is 9.47 Å². The number of benzene rings is 1. The molecular formula is C13H20N2O4S. The van der Waals surface area contributed by atoms with Crippen LogP contribution in [0, 0.1) is 0 Å². The van der Waals surface area contributed by atoms with Crippen molar-refractivity contribution in [1.82, 2.24) is 5.32 Å². The van der Waals surface area contributed by atoms with Crippen LogP contribution in [0.25, 0.3) is 0 Å². The molecule has 1 aliphatic heterocycles. The Morgan fingerprint density at radius 2 is 1.95 bits per heavy atom. The van der Waals surface area contributed by atoms with Crippen LogP contribution in [-0.2, 0) is 9.84 Å². The Morgan fingerprint density at radius 1 is 1.25 bits per heavy atom. The van der Waals surface area contributed by atoms with Crippen molar-refractivity contribution in [3.63, 3.8) is 0 Å². The maximum Gasteiger partial charge on any atom is 0.169 e. The van der Waals surface area contributed by atoms with Gasteiger partial charge in [0.05, 0.1) is 14.2 Å². The first-order valence-electron chi connectivity index (χ1n) is 6.35. The van der Waals surface area contributed by atoms with Crippen molar-refractivity contribution in [3.05, 3.63) is 18.2 Å². The minimum absolute atomic E-state index is 0.424. The first-order chi connectivity index (χ1) is 9.47. The van der Waals surface area contributed by atoms with Gasteiger partial charge in [0.1, 0.15) is 5.37 Å². The third kappa shape index (κ3) is 2.99. The monoisotopic (exact) mass is 300 g/mol. The topological polar surface area (TPSA) is 67.9 Å². The molecule has 1 fully saturated rings. The van der Waals surface area contributed by atoms with Crippen LogP contribution in [0.2, 0.25) is 0 Å². The Balaban J connectivity index is 2.38. The molecule has 1 unspecified atom stereocenters. The zero-order valence-electron chi connectivity index (χ0n) is 11.9. The lowest BCUT2D eigenvalue weighted by molar-refractivity contribution is 0.355. The Kier molecular flexibility index (Phi) is 4.39. The van der Waals surface area contributed by atoms with E-state index in [2.05, 4.69) is 5.32 Å². The van der Waals surface area contributed by atoms with Crippen LogP contribution in [0.5, 0.6) is 11.5 Å². The lowest BCUT2D eigenvalue weighted by Gasteiger charge is -2.36. The molecule has 1 aromatic carbocycles. The molecule has 0 radical (unpaired) electrons. The predicted octanol–water partition coefficient (Wildman–Crippen LogP) is 0.484. The van der Waals surface area contributed by atoms with Gasteiger partial charge in [-0.2, -0.15) is 0 Å². The van der Waals surface area contributed by atoms with Crippen LogP contribution in [0.1, 0.15) is 0 Å². The fourth-order valence-electron chi connectivity index (χ4n) is 2.36. The van der Waals surface area contributed by atoms with E-state index in [-0.39, 0.29) is 0 Å². The second-order valence-corrected chi connectivity index (χ2v) is 6.92. The quantitative estimate of drug-likeness (QED) is 0.872. The van der Waals surface area contributed by atoms with Crippen molar-refractivity contribution in [2.24, 2.45) is 0 Å². The standard InChI is InChI=1S/C13H20N2O4S/c1-18-11-5-4-10(8-12(11)19-2)15-7-6-14-9-13(15)20(3,16)17/h4-5,8,13-14H,6-7,9H2,1-3H3. The Labute approximate surface area is 119 Å². The van der Waals surface area contributed by atoms with Gasteiger partial charge in [-0.05, 0) is 12.1 Å². The second-order valence-electron chi connectivity index (χ2n) is 4.72. The van der Waals surface area contributed by atoms with Gasteiger partial charge >= 0.3 is 0 Å². The average molecular weight is 300 g/mol. The van der Waals surface area contributed by atoms with Crippen molar-refractivity contribution < 1.29 is 17.9 Å². The van der Waals surface area contributed by atoms with Gasteiger partial charge in [-0.15, -0.1) is 0 Å². The lowest BCUT2D eigenvalue weighted by Crippen LogP contribution is -2.54. The molecule has 1 N–H and O–H groups in total. The highest BCUT2D eigenvalue weighted by Crippen LogP contribution is 2.33. The maximum absolute atomic E-state index is 11.9. The molecular weight excluding hydrogens is 280 g/mol. The number of sulfone groups is 1. The third-order valence-electron chi connectivity index (χ3n) is 3.39. The van der Waals surface area contributed by atoms with Crippen LogP contribution < -0.4 is 19.7 Å². The Hall–Kier alpha value is -1.47. The van der Waals surface area contributed by atoms with Crippen LogP contribution in [0.4, 0.5) is 5.69 Å². The first kappa shape index (κ1) is 14.9. The summed E-state index contributed by atoms with van der Waals surface area (Å²) in [5.41, 5.74) is 0.819. The van der Waals surface area contributed by atoms with Gasteiger partial charge in [-0.3, -0.25) is 0 Å². The number of nitrogens with one attached hydrogen (secondary N) is 1. The fraction of sp³-hybridized carbons (Fsp3) is 0.538. The first-order valence-corrected chi connectivity index (χ1v) is 8.31. The molecule has 20 heavy (non-hydrogen) atoms. The van der Waals surface area contributed by atoms with Crippen molar-refractivity contribution in [2.45, 2.75) is 5.37 Å². The normalized spacial score (nSPS) is 19.8. The molecule has 0 spiro atoms. The van der Waals surface area contributed by atoms with E-state index in [0.717, 1.165) is 12.2 Å².